The monoisotopic (exact) mass is 957 g/mol. The number of aromatic nitrogens is 1. The summed E-state index contributed by atoms with van der Waals surface area (Å²) in [4.78, 5) is 73.1. The SMILES string of the molecule is C=CC(=O)N1CCC(C(=O)N(C)[C@H](C(=O)NC[C@@]2(C=C)Cc3cc(O)cc(c3)-c3ccc4c(c3)c(c(-c3ccccc3CCOC)n4CC)CC(C)(C)COC(=O)[C@@H]3CCCN(N3)C2=O)C(C)C)CC1. The number of hydrogen-bond donors (Lipinski definition) is 3. The van der Waals surface area contributed by atoms with E-state index in [0.717, 1.165) is 45.3 Å². The lowest BCUT2D eigenvalue weighted by Crippen LogP contribution is -2.61. The molecule has 0 radical (unpaired) electrons. The number of phenols is 1. The molecule has 0 spiro atoms. The first-order chi connectivity index (χ1) is 33.4. The van der Waals surface area contributed by atoms with Crippen LogP contribution in [0.15, 0.2) is 86.0 Å². The number of likely N-dealkylation sites (N-methyl/N-ethyl adjacent to an activating group) is 1. The number of likely N-dealkylation sites (tertiary alicyclic amines) is 1. The first-order valence-corrected chi connectivity index (χ1v) is 24.8. The van der Waals surface area contributed by atoms with Crippen molar-refractivity contribution in [1.82, 2.24) is 30.1 Å². The Kier molecular flexibility index (Phi) is 16.1. The van der Waals surface area contributed by atoms with Gasteiger partial charge in [0.1, 0.15) is 17.8 Å². The van der Waals surface area contributed by atoms with Gasteiger partial charge in [0.25, 0.3) is 0 Å². The number of phenolic OH excluding ortho intramolecular Hbond substituents is 1. The number of methoxy groups -OCH3 is 1. The molecule has 70 heavy (non-hydrogen) atoms. The Morgan fingerprint density at radius 2 is 1.74 bits per heavy atom. The Bertz CT molecular complexity index is 2630. The Labute approximate surface area is 413 Å². The van der Waals surface area contributed by atoms with Crippen molar-refractivity contribution in [2.45, 2.75) is 98.2 Å². The van der Waals surface area contributed by atoms with Crippen molar-refractivity contribution in [2.24, 2.45) is 22.7 Å². The molecule has 3 aromatic carbocycles. The Morgan fingerprint density at radius 3 is 2.43 bits per heavy atom. The molecule has 0 saturated carbocycles. The number of hydrogen-bond acceptors (Lipinski definition) is 9. The van der Waals surface area contributed by atoms with Gasteiger partial charge >= 0.3 is 5.97 Å². The zero-order valence-electron chi connectivity index (χ0n) is 42.1. The van der Waals surface area contributed by atoms with Gasteiger partial charge in [-0.3, -0.25) is 29.0 Å². The third-order valence-electron chi connectivity index (χ3n) is 14.5. The predicted octanol–water partition coefficient (Wildman–Crippen LogP) is 7.25. The highest BCUT2D eigenvalue weighted by Crippen LogP contribution is 2.42. The normalized spacial score (nSPS) is 20.4. The summed E-state index contributed by atoms with van der Waals surface area (Å²) in [6.45, 7) is 20.2. The summed E-state index contributed by atoms with van der Waals surface area (Å²) < 4.78 is 14.1. The average Bonchev–Trinajstić information content (AvgIpc) is 3.66. The molecule has 0 unspecified atom stereocenters. The van der Waals surface area contributed by atoms with Crippen LogP contribution in [0.3, 0.4) is 0 Å². The number of aryl methyl sites for hydroxylation is 1. The molecule has 2 fully saturated rings. The molecule has 3 aliphatic heterocycles. The number of carbonyl (C=O) groups is 5. The maximum absolute atomic E-state index is 15.2. The van der Waals surface area contributed by atoms with Crippen molar-refractivity contribution >= 4 is 40.5 Å². The number of aromatic hydroxyl groups is 1. The Morgan fingerprint density at radius 1 is 1.00 bits per heavy atom. The smallest absolute Gasteiger partial charge is 0.324 e. The molecule has 4 heterocycles. The number of fused-ring (bicyclic) bond motifs is 6. The van der Waals surface area contributed by atoms with Crippen LogP contribution in [0, 0.1) is 22.7 Å². The fourth-order valence-corrected chi connectivity index (χ4v) is 10.8. The number of piperidine rings is 1. The number of carbonyl (C=O) groups excluding carboxylic acids is 5. The van der Waals surface area contributed by atoms with E-state index in [9.17, 15) is 24.3 Å². The minimum atomic E-state index is -1.48. The predicted molar refractivity (Wildman–Crippen MR) is 272 cm³/mol. The number of benzene rings is 3. The number of rotatable bonds is 13. The fraction of sp³-hybridized carbons (Fsp3) is 0.482. The topological polar surface area (TPSA) is 163 Å². The minimum absolute atomic E-state index is 0.00954. The molecular formula is C56H72N6O8. The molecule has 14 nitrogen and oxygen atoms in total. The van der Waals surface area contributed by atoms with E-state index in [1.165, 1.54) is 21.5 Å². The number of cyclic esters (lactones) is 1. The second-order valence-corrected chi connectivity index (χ2v) is 20.5. The van der Waals surface area contributed by atoms with Gasteiger partial charge in [-0.05, 0) is 116 Å². The Balaban J connectivity index is 1.29. The molecule has 7 rings (SSSR count). The van der Waals surface area contributed by atoms with Gasteiger partial charge in [0, 0.05) is 74.7 Å². The van der Waals surface area contributed by atoms with Gasteiger partial charge in [0.05, 0.1) is 24.3 Å². The van der Waals surface area contributed by atoms with E-state index < -0.39 is 40.7 Å². The molecule has 3 atom stereocenters. The summed E-state index contributed by atoms with van der Waals surface area (Å²) in [5, 5.41) is 17.0. The first kappa shape index (κ1) is 51.6. The van der Waals surface area contributed by atoms with E-state index in [4.69, 9.17) is 9.47 Å². The van der Waals surface area contributed by atoms with Gasteiger partial charge in [0.2, 0.25) is 23.6 Å². The molecule has 0 aliphatic carbocycles. The lowest BCUT2D eigenvalue weighted by Gasteiger charge is -2.40. The summed E-state index contributed by atoms with van der Waals surface area (Å²) in [5.74, 6) is -2.32. The van der Waals surface area contributed by atoms with Crippen LogP contribution >= 0.6 is 0 Å². The summed E-state index contributed by atoms with van der Waals surface area (Å²) in [7, 11) is 3.34. The summed E-state index contributed by atoms with van der Waals surface area (Å²) in [6, 6.07) is 18.4. The van der Waals surface area contributed by atoms with Gasteiger partial charge < -0.3 is 34.3 Å². The quantitative estimate of drug-likeness (QED) is 0.0712. The van der Waals surface area contributed by atoms with Crippen LogP contribution in [0.4, 0.5) is 0 Å². The zero-order chi connectivity index (χ0) is 50.5. The van der Waals surface area contributed by atoms with Crippen LogP contribution in [0.1, 0.15) is 77.0 Å². The largest absolute Gasteiger partial charge is 0.508 e. The average molecular weight is 957 g/mol. The number of nitrogens with zero attached hydrogens (tertiary/aromatic N) is 4. The van der Waals surface area contributed by atoms with Crippen molar-refractivity contribution in [3.05, 3.63) is 103 Å². The van der Waals surface area contributed by atoms with E-state index in [-0.39, 0.29) is 55.5 Å². The first-order valence-electron chi connectivity index (χ1n) is 24.8. The molecule has 4 aromatic rings. The summed E-state index contributed by atoms with van der Waals surface area (Å²) in [6.07, 6.45) is 6.07. The van der Waals surface area contributed by atoms with E-state index in [1.807, 2.05) is 19.9 Å². The van der Waals surface area contributed by atoms with Gasteiger partial charge in [-0.15, -0.1) is 6.58 Å². The third-order valence-corrected chi connectivity index (χ3v) is 14.5. The molecule has 3 N–H and O–H groups in total. The minimum Gasteiger partial charge on any atom is -0.508 e. The van der Waals surface area contributed by atoms with E-state index in [2.05, 4.69) is 91.7 Å². The van der Waals surface area contributed by atoms with Crippen molar-refractivity contribution in [3.63, 3.8) is 0 Å². The van der Waals surface area contributed by atoms with Crippen molar-refractivity contribution in [3.8, 4) is 28.1 Å². The van der Waals surface area contributed by atoms with Crippen LogP contribution in [0.2, 0.25) is 0 Å². The number of nitrogens with one attached hydrogen (secondary N) is 2. The molecule has 1 aromatic heterocycles. The van der Waals surface area contributed by atoms with Crippen molar-refractivity contribution < 1.29 is 38.6 Å². The molecule has 6 bridgehead atoms. The number of amides is 4. The van der Waals surface area contributed by atoms with Gasteiger partial charge in [-0.1, -0.05) is 76.7 Å². The maximum Gasteiger partial charge on any atom is 0.324 e. The van der Waals surface area contributed by atoms with Crippen LogP contribution in [-0.2, 0) is 59.3 Å². The highest BCUT2D eigenvalue weighted by atomic mass is 16.5. The molecule has 14 heteroatoms. The van der Waals surface area contributed by atoms with Crippen LogP contribution in [-0.4, -0.2) is 120 Å². The summed E-state index contributed by atoms with van der Waals surface area (Å²) >= 11 is 0. The van der Waals surface area contributed by atoms with Crippen molar-refractivity contribution in [1.29, 1.82) is 0 Å². The third kappa shape index (κ3) is 10.9. The standard InChI is InChI=1S/C56H72N6O8/c1-10-48(64)60-25-21-39(22-26-60)52(66)59(8)49(36(4)5)51(65)57-34-56(11-2)32-37-28-41(30-42(63)29-37)40-19-20-47-44(31-40)45(50(61(47)12-3)43-17-14-13-16-38(43)23-27-69-9)33-55(6,7)35-70-53(67)46-18-15-24-62(58-46)54(56)68/h10-11,13-14,16-17,19-20,28-31,36,39,46,49,58,63H,1-2,12,15,18,21-27,32-35H2,3-9H3,(H,57,65)/t46-,49-,56+/m0/s1. The second kappa shape index (κ2) is 21.8. The van der Waals surface area contributed by atoms with Gasteiger partial charge in [0.15, 0.2) is 0 Å². The highest BCUT2D eigenvalue weighted by Gasteiger charge is 2.44. The summed E-state index contributed by atoms with van der Waals surface area (Å²) in [5.41, 5.74) is 8.98. The van der Waals surface area contributed by atoms with E-state index in [0.29, 0.717) is 63.9 Å². The van der Waals surface area contributed by atoms with E-state index in [1.54, 1.807) is 37.3 Å². The number of ether oxygens (including phenoxy) is 2. The van der Waals surface area contributed by atoms with Gasteiger partial charge in [-0.25, -0.2) is 5.43 Å². The lowest BCUT2D eigenvalue weighted by molar-refractivity contribution is -0.156. The molecular weight excluding hydrogens is 885 g/mol. The molecule has 374 valence electrons. The fourth-order valence-electron chi connectivity index (χ4n) is 10.8. The van der Waals surface area contributed by atoms with Crippen LogP contribution < -0.4 is 10.7 Å². The van der Waals surface area contributed by atoms with Gasteiger partial charge in [-0.2, -0.15) is 0 Å². The number of esters is 1. The second-order valence-electron chi connectivity index (χ2n) is 20.5. The lowest BCUT2D eigenvalue weighted by atomic mass is 9.79. The maximum atomic E-state index is 15.2. The van der Waals surface area contributed by atoms with Crippen LogP contribution in [0.25, 0.3) is 33.3 Å². The van der Waals surface area contributed by atoms with Crippen molar-refractivity contribution in [2.75, 3.05) is 53.6 Å². The zero-order valence-corrected chi connectivity index (χ0v) is 42.1. The van der Waals surface area contributed by atoms with Crippen LogP contribution in [0.5, 0.6) is 5.75 Å². The van der Waals surface area contributed by atoms with E-state index >= 15 is 4.79 Å². The highest BCUT2D eigenvalue weighted by molar-refractivity contribution is 5.96. The molecule has 2 saturated heterocycles. The number of hydrazine groups is 1. The molecule has 4 amide bonds. The Hall–Kier alpha value is -6.25. The molecule has 3 aliphatic rings.